The van der Waals surface area contributed by atoms with Crippen molar-refractivity contribution in [3.8, 4) is 6.07 Å². The zero-order valence-electron chi connectivity index (χ0n) is 10.8. The van der Waals surface area contributed by atoms with Gasteiger partial charge in [-0.2, -0.15) is 17.0 Å². The van der Waals surface area contributed by atoms with Crippen LogP contribution in [0.4, 0.5) is 0 Å². The maximum Gasteiger partial charge on any atom is 0.0621 e. The molecule has 0 spiro atoms. The normalized spacial score (nSPS) is 18.9. The SMILES string of the molecule is CSC1(CNCC(C)(C)CCC#N)CCC1. The molecule has 0 aromatic rings. The molecule has 1 aliphatic carbocycles. The lowest BCUT2D eigenvalue weighted by atomic mass is 9.83. The Morgan fingerprint density at radius 2 is 2.12 bits per heavy atom. The Balaban J connectivity index is 2.21. The number of hydrogen-bond acceptors (Lipinski definition) is 3. The van der Waals surface area contributed by atoms with Crippen LogP contribution >= 0.6 is 11.8 Å². The Morgan fingerprint density at radius 1 is 1.44 bits per heavy atom. The molecule has 0 saturated heterocycles. The van der Waals surface area contributed by atoms with E-state index in [-0.39, 0.29) is 5.41 Å². The van der Waals surface area contributed by atoms with Crippen molar-refractivity contribution in [2.45, 2.75) is 50.7 Å². The number of nitrogens with zero attached hydrogens (tertiary/aromatic N) is 1. The lowest BCUT2D eigenvalue weighted by molar-refractivity contribution is 0.285. The molecular weight excluding hydrogens is 216 g/mol. The van der Waals surface area contributed by atoms with Crippen molar-refractivity contribution in [1.29, 1.82) is 5.26 Å². The van der Waals surface area contributed by atoms with Gasteiger partial charge in [-0.25, -0.2) is 0 Å². The van der Waals surface area contributed by atoms with Gasteiger partial charge in [0.15, 0.2) is 0 Å². The first-order valence-electron chi connectivity index (χ1n) is 6.16. The van der Waals surface area contributed by atoms with Crippen LogP contribution in [0.15, 0.2) is 0 Å². The number of rotatable bonds is 7. The van der Waals surface area contributed by atoms with E-state index < -0.39 is 0 Å². The van der Waals surface area contributed by atoms with Crippen molar-refractivity contribution in [3.63, 3.8) is 0 Å². The molecule has 0 bridgehead atoms. The third-order valence-corrected chi connectivity index (χ3v) is 5.08. The van der Waals surface area contributed by atoms with Crippen LogP contribution in [0, 0.1) is 16.7 Å². The highest BCUT2D eigenvalue weighted by atomic mass is 32.2. The number of nitrogens with one attached hydrogen (secondary N) is 1. The minimum Gasteiger partial charge on any atom is -0.315 e. The summed E-state index contributed by atoms with van der Waals surface area (Å²) < 4.78 is 0.519. The summed E-state index contributed by atoms with van der Waals surface area (Å²) in [4.78, 5) is 0. The van der Waals surface area contributed by atoms with Crippen LogP contribution in [0.1, 0.15) is 46.0 Å². The van der Waals surface area contributed by atoms with Gasteiger partial charge >= 0.3 is 0 Å². The summed E-state index contributed by atoms with van der Waals surface area (Å²) in [6.45, 7) is 6.63. The van der Waals surface area contributed by atoms with Crippen molar-refractivity contribution in [1.82, 2.24) is 5.32 Å². The first-order chi connectivity index (χ1) is 7.54. The van der Waals surface area contributed by atoms with E-state index in [9.17, 15) is 0 Å². The maximum atomic E-state index is 8.60. The van der Waals surface area contributed by atoms with E-state index in [4.69, 9.17) is 5.26 Å². The fourth-order valence-electron chi connectivity index (χ4n) is 2.14. The van der Waals surface area contributed by atoms with Crippen LogP contribution in [-0.2, 0) is 0 Å². The molecule has 0 unspecified atom stereocenters. The van der Waals surface area contributed by atoms with Gasteiger partial charge in [0.1, 0.15) is 0 Å². The highest BCUT2D eigenvalue weighted by Crippen LogP contribution is 2.42. The molecule has 1 rings (SSSR count). The monoisotopic (exact) mass is 240 g/mol. The molecule has 16 heavy (non-hydrogen) atoms. The minimum atomic E-state index is 0.249. The van der Waals surface area contributed by atoms with E-state index in [0.717, 1.165) is 19.5 Å². The Bertz CT molecular complexity index is 246. The van der Waals surface area contributed by atoms with E-state index in [1.54, 1.807) is 0 Å². The molecule has 1 saturated carbocycles. The highest BCUT2D eigenvalue weighted by Gasteiger charge is 2.35. The smallest absolute Gasteiger partial charge is 0.0621 e. The minimum absolute atomic E-state index is 0.249. The van der Waals surface area contributed by atoms with Crippen molar-refractivity contribution >= 4 is 11.8 Å². The molecule has 92 valence electrons. The predicted molar refractivity (Wildman–Crippen MR) is 71.6 cm³/mol. The van der Waals surface area contributed by atoms with Crippen molar-refractivity contribution < 1.29 is 0 Å². The molecule has 0 aliphatic heterocycles. The summed E-state index contributed by atoms with van der Waals surface area (Å²) in [6, 6.07) is 2.23. The summed E-state index contributed by atoms with van der Waals surface area (Å²) in [5, 5.41) is 12.2. The van der Waals surface area contributed by atoms with Crippen molar-refractivity contribution in [3.05, 3.63) is 0 Å². The second kappa shape index (κ2) is 5.93. The van der Waals surface area contributed by atoms with Crippen LogP contribution < -0.4 is 5.32 Å². The number of thioether (sulfide) groups is 1. The van der Waals surface area contributed by atoms with Gasteiger partial charge in [0, 0.05) is 24.3 Å². The summed E-state index contributed by atoms with van der Waals surface area (Å²) in [6.07, 6.45) is 7.99. The quantitative estimate of drug-likeness (QED) is 0.742. The molecule has 2 nitrogen and oxygen atoms in total. The van der Waals surface area contributed by atoms with Gasteiger partial charge in [0.2, 0.25) is 0 Å². The predicted octanol–water partition coefficient (Wildman–Crippen LogP) is 3.19. The number of hydrogen-bond donors (Lipinski definition) is 1. The summed E-state index contributed by atoms with van der Waals surface area (Å²) in [5.74, 6) is 0. The second-order valence-electron chi connectivity index (χ2n) is 5.67. The summed E-state index contributed by atoms with van der Waals surface area (Å²) in [5.41, 5.74) is 0.249. The van der Waals surface area contributed by atoms with Gasteiger partial charge < -0.3 is 5.32 Å². The first kappa shape index (κ1) is 13.9. The van der Waals surface area contributed by atoms with E-state index in [2.05, 4.69) is 31.5 Å². The Hall–Kier alpha value is -0.200. The highest BCUT2D eigenvalue weighted by molar-refractivity contribution is 8.00. The fraction of sp³-hybridized carbons (Fsp3) is 0.923. The van der Waals surface area contributed by atoms with Crippen molar-refractivity contribution in [2.75, 3.05) is 19.3 Å². The van der Waals surface area contributed by atoms with Gasteiger partial charge in [0.25, 0.3) is 0 Å². The fourth-order valence-corrected chi connectivity index (χ4v) is 3.08. The Morgan fingerprint density at radius 3 is 2.56 bits per heavy atom. The van der Waals surface area contributed by atoms with Gasteiger partial charge in [-0.3, -0.25) is 0 Å². The van der Waals surface area contributed by atoms with Crippen LogP contribution in [0.5, 0.6) is 0 Å². The largest absolute Gasteiger partial charge is 0.315 e. The van der Waals surface area contributed by atoms with E-state index in [1.165, 1.54) is 19.3 Å². The van der Waals surface area contributed by atoms with Gasteiger partial charge in [0.05, 0.1) is 6.07 Å². The maximum absolute atomic E-state index is 8.60. The molecule has 0 aromatic carbocycles. The van der Waals surface area contributed by atoms with Crippen LogP contribution in [0.2, 0.25) is 0 Å². The molecule has 3 heteroatoms. The van der Waals surface area contributed by atoms with E-state index in [0.29, 0.717) is 11.2 Å². The van der Waals surface area contributed by atoms with Crippen LogP contribution in [0.25, 0.3) is 0 Å². The lowest BCUT2D eigenvalue weighted by Crippen LogP contribution is -2.45. The standard InChI is InChI=1S/C13H24N2S/c1-12(2,6-5-9-14)10-15-11-13(16-3)7-4-8-13/h15H,4-8,10-11H2,1-3H3. The van der Waals surface area contributed by atoms with E-state index in [1.807, 2.05) is 11.8 Å². The molecule has 0 aromatic heterocycles. The Labute approximate surface area is 104 Å². The molecule has 0 atom stereocenters. The molecule has 0 amide bonds. The second-order valence-corrected chi connectivity index (χ2v) is 6.94. The van der Waals surface area contributed by atoms with Crippen molar-refractivity contribution in [2.24, 2.45) is 5.41 Å². The van der Waals surface area contributed by atoms with Gasteiger partial charge in [-0.05, 0) is 30.9 Å². The third-order valence-electron chi connectivity index (χ3n) is 3.66. The number of nitriles is 1. The average molecular weight is 240 g/mol. The zero-order valence-corrected chi connectivity index (χ0v) is 11.6. The topological polar surface area (TPSA) is 35.8 Å². The van der Waals surface area contributed by atoms with Crippen LogP contribution in [-0.4, -0.2) is 24.1 Å². The Kier molecular flexibility index (Phi) is 5.14. The zero-order chi connectivity index (χ0) is 12.1. The summed E-state index contributed by atoms with van der Waals surface area (Å²) in [7, 11) is 0. The summed E-state index contributed by atoms with van der Waals surface area (Å²) >= 11 is 2.01. The molecule has 1 aliphatic rings. The van der Waals surface area contributed by atoms with Gasteiger partial charge in [-0.15, -0.1) is 0 Å². The first-order valence-corrected chi connectivity index (χ1v) is 7.39. The van der Waals surface area contributed by atoms with Crippen LogP contribution in [0.3, 0.4) is 0 Å². The molecule has 1 fully saturated rings. The molecule has 0 radical (unpaired) electrons. The van der Waals surface area contributed by atoms with Gasteiger partial charge in [-0.1, -0.05) is 20.3 Å². The average Bonchev–Trinajstić information content (AvgIpc) is 2.19. The molecular formula is C13H24N2S. The lowest BCUT2D eigenvalue weighted by Gasteiger charge is -2.41. The van der Waals surface area contributed by atoms with E-state index >= 15 is 0 Å². The third kappa shape index (κ3) is 3.99. The molecule has 0 heterocycles. The molecule has 1 N–H and O–H groups in total.